The van der Waals surface area contributed by atoms with Crippen molar-refractivity contribution >= 4 is 21.9 Å². The molecule has 0 bridgehead atoms. The molecule has 1 saturated heterocycles. The van der Waals surface area contributed by atoms with Crippen LogP contribution in [0.2, 0.25) is 0 Å². The van der Waals surface area contributed by atoms with E-state index in [1.54, 1.807) is 0 Å². The van der Waals surface area contributed by atoms with Crippen LogP contribution in [0.15, 0.2) is 34.9 Å². The van der Waals surface area contributed by atoms with E-state index in [9.17, 15) is 0 Å². The minimum absolute atomic E-state index is 0.845. The maximum absolute atomic E-state index is 4.71. The molecule has 0 spiro atoms. The van der Waals surface area contributed by atoms with Gasteiger partial charge in [-0.05, 0) is 37.6 Å². The molecule has 1 fully saturated rings. The van der Waals surface area contributed by atoms with E-state index in [1.807, 2.05) is 18.3 Å². The summed E-state index contributed by atoms with van der Waals surface area (Å²) in [6, 6.07) is 8.27. The highest BCUT2D eigenvalue weighted by Gasteiger charge is 2.13. The molecular weight excluding hydrogens is 328 g/mol. The van der Waals surface area contributed by atoms with Crippen LogP contribution in [0, 0.1) is 6.92 Å². The van der Waals surface area contributed by atoms with Crippen molar-refractivity contribution < 1.29 is 0 Å². The molecule has 1 aliphatic heterocycles. The highest BCUT2D eigenvalue weighted by Crippen LogP contribution is 2.24. The van der Waals surface area contributed by atoms with E-state index in [1.165, 1.54) is 0 Å². The lowest BCUT2D eigenvalue weighted by molar-refractivity contribution is 0.724. The lowest BCUT2D eigenvalue weighted by Crippen LogP contribution is -2.29. The Morgan fingerprint density at radius 3 is 2.71 bits per heavy atom. The van der Waals surface area contributed by atoms with Gasteiger partial charge in [-0.25, -0.2) is 9.97 Å². The second kappa shape index (κ2) is 6.54. The van der Waals surface area contributed by atoms with Crippen LogP contribution in [0.1, 0.15) is 12.1 Å². The first-order valence-corrected chi connectivity index (χ1v) is 8.08. The molecule has 1 N–H and O–H groups in total. The number of hydrogen-bond donors (Lipinski definition) is 1. The molecule has 0 radical (unpaired) electrons. The fraction of sp³-hybridized carbons (Fsp3) is 0.375. The average molecular weight is 347 g/mol. The molecule has 21 heavy (non-hydrogen) atoms. The SMILES string of the molecule is Cc1nc(N2CCCNCC2)ncc1-c1ccc(Br)cc1. The summed E-state index contributed by atoms with van der Waals surface area (Å²) < 4.78 is 1.08. The number of benzene rings is 1. The Kier molecular flexibility index (Phi) is 4.51. The van der Waals surface area contributed by atoms with Crippen molar-refractivity contribution in [2.75, 3.05) is 31.1 Å². The summed E-state index contributed by atoms with van der Waals surface area (Å²) in [6.45, 7) is 6.11. The lowest BCUT2D eigenvalue weighted by Gasteiger charge is -2.20. The lowest BCUT2D eigenvalue weighted by atomic mass is 10.1. The normalized spacial score (nSPS) is 15.8. The summed E-state index contributed by atoms with van der Waals surface area (Å²) in [4.78, 5) is 11.6. The van der Waals surface area contributed by atoms with Gasteiger partial charge in [0.05, 0.1) is 5.69 Å². The third-order valence-electron chi connectivity index (χ3n) is 3.74. The quantitative estimate of drug-likeness (QED) is 0.907. The zero-order valence-corrected chi connectivity index (χ0v) is 13.7. The number of aromatic nitrogens is 2. The monoisotopic (exact) mass is 346 g/mol. The van der Waals surface area contributed by atoms with E-state index in [-0.39, 0.29) is 0 Å². The van der Waals surface area contributed by atoms with Gasteiger partial charge in [-0.15, -0.1) is 0 Å². The van der Waals surface area contributed by atoms with E-state index in [4.69, 9.17) is 4.98 Å². The molecule has 110 valence electrons. The van der Waals surface area contributed by atoms with E-state index in [0.29, 0.717) is 0 Å². The summed E-state index contributed by atoms with van der Waals surface area (Å²) >= 11 is 3.46. The Balaban J connectivity index is 1.86. The predicted octanol–water partition coefficient (Wildman–Crippen LogP) is 3.01. The van der Waals surface area contributed by atoms with Crippen molar-refractivity contribution in [3.05, 3.63) is 40.6 Å². The van der Waals surface area contributed by atoms with Gasteiger partial charge in [0.1, 0.15) is 0 Å². The fourth-order valence-corrected chi connectivity index (χ4v) is 2.83. The number of halogens is 1. The molecule has 0 amide bonds. The van der Waals surface area contributed by atoms with Gasteiger partial charge >= 0.3 is 0 Å². The number of nitrogens with zero attached hydrogens (tertiary/aromatic N) is 3. The number of hydrogen-bond acceptors (Lipinski definition) is 4. The van der Waals surface area contributed by atoms with Gasteiger partial charge in [0, 0.05) is 35.9 Å². The van der Waals surface area contributed by atoms with Crippen molar-refractivity contribution in [3.63, 3.8) is 0 Å². The molecule has 5 heteroatoms. The maximum atomic E-state index is 4.71. The highest BCUT2D eigenvalue weighted by atomic mass is 79.9. The van der Waals surface area contributed by atoms with Crippen LogP contribution >= 0.6 is 15.9 Å². The van der Waals surface area contributed by atoms with E-state index in [2.05, 4.69) is 50.2 Å². The molecule has 0 unspecified atom stereocenters. The van der Waals surface area contributed by atoms with Crippen molar-refractivity contribution in [1.82, 2.24) is 15.3 Å². The zero-order valence-electron chi connectivity index (χ0n) is 12.1. The minimum Gasteiger partial charge on any atom is -0.339 e. The number of nitrogens with one attached hydrogen (secondary N) is 1. The molecule has 1 aromatic heterocycles. The average Bonchev–Trinajstić information content (AvgIpc) is 2.77. The molecule has 1 aliphatic rings. The molecule has 0 aliphatic carbocycles. The van der Waals surface area contributed by atoms with Crippen LogP contribution in [0.25, 0.3) is 11.1 Å². The summed E-state index contributed by atoms with van der Waals surface area (Å²) in [5, 5.41) is 3.40. The first-order chi connectivity index (χ1) is 10.2. The second-order valence-corrected chi connectivity index (χ2v) is 6.18. The van der Waals surface area contributed by atoms with Crippen LogP contribution in [0.3, 0.4) is 0 Å². The molecule has 2 heterocycles. The van der Waals surface area contributed by atoms with Gasteiger partial charge in [0.15, 0.2) is 0 Å². The van der Waals surface area contributed by atoms with Gasteiger partial charge in [0.25, 0.3) is 0 Å². The van der Waals surface area contributed by atoms with Gasteiger partial charge in [0.2, 0.25) is 5.95 Å². The molecular formula is C16H19BrN4. The summed E-state index contributed by atoms with van der Waals surface area (Å²) in [5.41, 5.74) is 3.28. The summed E-state index contributed by atoms with van der Waals surface area (Å²) in [5.74, 6) is 0.845. The van der Waals surface area contributed by atoms with Crippen LogP contribution in [-0.4, -0.2) is 36.1 Å². The predicted molar refractivity (Wildman–Crippen MR) is 89.6 cm³/mol. The Bertz CT molecular complexity index is 604. The van der Waals surface area contributed by atoms with Gasteiger partial charge < -0.3 is 10.2 Å². The van der Waals surface area contributed by atoms with Crippen molar-refractivity contribution in [2.45, 2.75) is 13.3 Å². The van der Waals surface area contributed by atoms with Gasteiger partial charge in [-0.2, -0.15) is 0 Å². The first kappa shape index (κ1) is 14.5. The molecule has 0 atom stereocenters. The number of rotatable bonds is 2. The Morgan fingerprint density at radius 2 is 1.95 bits per heavy atom. The Morgan fingerprint density at radius 1 is 1.14 bits per heavy atom. The smallest absolute Gasteiger partial charge is 0.225 e. The van der Waals surface area contributed by atoms with Gasteiger partial charge in [-0.3, -0.25) is 0 Å². The van der Waals surface area contributed by atoms with Gasteiger partial charge in [-0.1, -0.05) is 28.1 Å². The third kappa shape index (κ3) is 3.41. The van der Waals surface area contributed by atoms with Crippen molar-refractivity contribution in [2.24, 2.45) is 0 Å². The van der Waals surface area contributed by atoms with E-state index >= 15 is 0 Å². The summed E-state index contributed by atoms with van der Waals surface area (Å²) in [6.07, 6.45) is 3.08. The second-order valence-electron chi connectivity index (χ2n) is 5.27. The van der Waals surface area contributed by atoms with Crippen molar-refractivity contribution in [3.8, 4) is 11.1 Å². The number of anilines is 1. The maximum Gasteiger partial charge on any atom is 0.225 e. The standard InChI is InChI=1S/C16H19BrN4/c1-12-15(13-3-5-14(17)6-4-13)11-19-16(20-12)21-9-2-7-18-8-10-21/h3-6,11,18H,2,7-10H2,1H3. The van der Waals surface area contributed by atoms with Crippen molar-refractivity contribution in [1.29, 1.82) is 0 Å². The topological polar surface area (TPSA) is 41.1 Å². The molecule has 4 nitrogen and oxygen atoms in total. The highest BCUT2D eigenvalue weighted by molar-refractivity contribution is 9.10. The summed E-state index contributed by atoms with van der Waals surface area (Å²) in [7, 11) is 0. The largest absolute Gasteiger partial charge is 0.339 e. The molecule has 1 aromatic carbocycles. The first-order valence-electron chi connectivity index (χ1n) is 7.29. The van der Waals surface area contributed by atoms with E-state index in [0.717, 1.165) is 59.8 Å². The third-order valence-corrected chi connectivity index (χ3v) is 4.27. The van der Waals surface area contributed by atoms with Crippen LogP contribution in [-0.2, 0) is 0 Å². The van der Waals surface area contributed by atoms with Crippen LogP contribution < -0.4 is 10.2 Å². The van der Waals surface area contributed by atoms with Crippen LogP contribution in [0.4, 0.5) is 5.95 Å². The minimum atomic E-state index is 0.845. The van der Waals surface area contributed by atoms with E-state index < -0.39 is 0 Å². The molecule has 3 rings (SSSR count). The van der Waals surface area contributed by atoms with Crippen LogP contribution in [0.5, 0.6) is 0 Å². The Hall–Kier alpha value is -1.46. The molecule has 2 aromatic rings. The number of aryl methyl sites for hydroxylation is 1. The zero-order chi connectivity index (χ0) is 14.7. The Labute approximate surface area is 133 Å². The fourth-order valence-electron chi connectivity index (χ4n) is 2.57. The molecule has 0 saturated carbocycles.